The fourth-order valence-corrected chi connectivity index (χ4v) is 3.16. The van der Waals surface area contributed by atoms with Crippen LogP contribution < -0.4 is 0 Å². The average Bonchev–Trinajstić information content (AvgIpc) is 2.68. The summed E-state index contributed by atoms with van der Waals surface area (Å²) in [6, 6.07) is 7.59. The van der Waals surface area contributed by atoms with E-state index < -0.39 is 5.24 Å². The molecule has 0 aliphatic heterocycles. The summed E-state index contributed by atoms with van der Waals surface area (Å²) < 4.78 is 0.333. The molecule has 0 amide bonds. The smallest absolute Gasteiger partial charge is 0.272 e. The Morgan fingerprint density at radius 3 is 2.72 bits per heavy atom. The second-order valence-electron chi connectivity index (χ2n) is 3.64. The number of hydrogen-bond donors (Lipinski definition) is 0. The number of hydrogen-bond acceptors (Lipinski definition) is 3. The van der Waals surface area contributed by atoms with Crippen LogP contribution in [0.25, 0.3) is 0 Å². The van der Waals surface area contributed by atoms with Crippen LogP contribution in [0.4, 0.5) is 0 Å². The van der Waals surface area contributed by atoms with Crippen molar-refractivity contribution in [3.8, 4) is 0 Å². The van der Waals surface area contributed by atoms with Crippen LogP contribution in [-0.2, 0) is 12.8 Å². The number of carbonyl (C=O) groups is 1. The Morgan fingerprint density at radius 1 is 1.28 bits per heavy atom. The summed E-state index contributed by atoms with van der Waals surface area (Å²) >= 11 is 18.4. The van der Waals surface area contributed by atoms with Crippen molar-refractivity contribution in [2.75, 3.05) is 0 Å². The van der Waals surface area contributed by atoms with E-state index in [1.165, 1.54) is 11.3 Å². The van der Waals surface area contributed by atoms with Gasteiger partial charge < -0.3 is 0 Å². The summed E-state index contributed by atoms with van der Waals surface area (Å²) in [4.78, 5) is 15.9. The van der Waals surface area contributed by atoms with E-state index in [0.29, 0.717) is 15.9 Å². The van der Waals surface area contributed by atoms with E-state index in [9.17, 15) is 4.79 Å². The number of aromatic nitrogens is 1. The second-order valence-corrected chi connectivity index (χ2v) is 6.09. The van der Waals surface area contributed by atoms with E-state index >= 15 is 0 Å². The summed E-state index contributed by atoms with van der Waals surface area (Å²) in [5, 5.41) is 0.128. The monoisotopic (exact) mass is 319 g/mol. The lowest BCUT2D eigenvalue weighted by Crippen LogP contribution is -1.97. The summed E-state index contributed by atoms with van der Waals surface area (Å²) in [5.74, 6) is 0. The van der Waals surface area contributed by atoms with Crippen molar-refractivity contribution < 1.29 is 4.79 Å². The maximum atomic E-state index is 11.2. The quantitative estimate of drug-likeness (QED) is 0.770. The van der Waals surface area contributed by atoms with Crippen LogP contribution in [0.15, 0.2) is 24.3 Å². The molecule has 6 heteroatoms. The molecule has 0 spiro atoms. The topological polar surface area (TPSA) is 30.0 Å². The number of nitrogens with zero attached hydrogens (tertiary/aromatic N) is 1. The van der Waals surface area contributed by atoms with Gasteiger partial charge >= 0.3 is 0 Å². The first kappa shape index (κ1) is 13.8. The van der Waals surface area contributed by atoms with Gasteiger partial charge in [0.05, 0.1) is 0 Å². The van der Waals surface area contributed by atoms with Crippen molar-refractivity contribution in [2.24, 2.45) is 0 Å². The highest BCUT2D eigenvalue weighted by Crippen LogP contribution is 2.25. The molecule has 0 atom stereocenters. The molecule has 0 radical (unpaired) electrons. The molecule has 0 saturated heterocycles. The molecule has 0 aliphatic carbocycles. The minimum atomic E-state index is -0.570. The van der Waals surface area contributed by atoms with Crippen molar-refractivity contribution in [2.45, 2.75) is 12.8 Å². The van der Waals surface area contributed by atoms with Crippen LogP contribution in [0.2, 0.25) is 9.49 Å². The zero-order valence-electron chi connectivity index (χ0n) is 9.12. The molecule has 94 valence electrons. The molecule has 0 N–H and O–H groups in total. The van der Waals surface area contributed by atoms with Gasteiger partial charge in [-0.25, -0.2) is 4.98 Å². The fourth-order valence-electron chi connectivity index (χ4n) is 1.60. The van der Waals surface area contributed by atoms with Gasteiger partial charge in [0, 0.05) is 9.90 Å². The second kappa shape index (κ2) is 6.02. The average molecular weight is 321 g/mol. The van der Waals surface area contributed by atoms with E-state index in [1.54, 1.807) is 0 Å². The van der Waals surface area contributed by atoms with Gasteiger partial charge in [0.1, 0.15) is 5.69 Å². The third kappa shape index (κ3) is 3.45. The summed E-state index contributed by atoms with van der Waals surface area (Å²) in [6.45, 7) is 0. The first-order valence-corrected chi connectivity index (χ1v) is 7.11. The summed E-state index contributed by atoms with van der Waals surface area (Å²) in [7, 11) is 0. The van der Waals surface area contributed by atoms with Gasteiger partial charge in [-0.1, -0.05) is 35.3 Å². The standard InChI is InChI=1S/C12H8Cl3NOS/c13-8-3-1-2-7(6-8)4-5-9-10(11(14)17)16-12(15)18-9/h1-3,6H,4-5H2. The van der Waals surface area contributed by atoms with Gasteiger partial charge in [-0.15, -0.1) is 11.3 Å². The van der Waals surface area contributed by atoms with Crippen LogP contribution >= 0.6 is 46.1 Å². The maximum Gasteiger partial charge on any atom is 0.272 e. The molecule has 2 rings (SSSR count). The largest absolute Gasteiger partial charge is 0.274 e. The molecular formula is C12H8Cl3NOS. The van der Waals surface area contributed by atoms with E-state index in [4.69, 9.17) is 34.8 Å². The predicted octanol–water partition coefficient (Wildman–Crippen LogP) is 4.61. The van der Waals surface area contributed by atoms with Crippen molar-refractivity contribution in [3.05, 3.63) is 49.9 Å². The van der Waals surface area contributed by atoms with Gasteiger partial charge in [-0.3, -0.25) is 4.79 Å². The fraction of sp³-hybridized carbons (Fsp3) is 0.167. The minimum absolute atomic E-state index is 0.258. The third-order valence-corrected chi connectivity index (χ3v) is 4.02. The van der Waals surface area contributed by atoms with Crippen LogP contribution in [0.5, 0.6) is 0 Å². The molecular weight excluding hydrogens is 313 g/mol. The zero-order chi connectivity index (χ0) is 13.1. The number of carbonyl (C=O) groups excluding carboxylic acids is 1. The summed E-state index contributed by atoms with van der Waals surface area (Å²) in [5.41, 5.74) is 1.36. The SMILES string of the molecule is O=C(Cl)c1nc(Cl)sc1CCc1cccc(Cl)c1. The number of thiazole rings is 1. The lowest BCUT2D eigenvalue weighted by atomic mass is 10.1. The van der Waals surface area contributed by atoms with Crippen LogP contribution in [0.3, 0.4) is 0 Å². The van der Waals surface area contributed by atoms with Gasteiger partial charge in [-0.2, -0.15) is 0 Å². The molecule has 1 aromatic carbocycles. The Labute approximate surface area is 124 Å². The van der Waals surface area contributed by atoms with Gasteiger partial charge in [0.15, 0.2) is 4.47 Å². The number of benzene rings is 1. The Bertz CT molecular complexity index is 582. The summed E-state index contributed by atoms with van der Waals surface area (Å²) in [6.07, 6.45) is 1.43. The molecule has 0 unspecified atom stereocenters. The van der Waals surface area contributed by atoms with Crippen molar-refractivity contribution >= 4 is 51.4 Å². The molecule has 2 nitrogen and oxygen atoms in total. The van der Waals surface area contributed by atoms with E-state index in [2.05, 4.69) is 4.98 Å². The Hall–Kier alpha value is -0.610. The maximum absolute atomic E-state index is 11.2. The van der Waals surface area contributed by atoms with E-state index in [-0.39, 0.29) is 5.69 Å². The molecule has 0 fully saturated rings. The first-order chi connectivity index (χ1) is 8.56. The van der Waals surface area contributed by atoms with Gasteiger partial charge in [0.25, 0.3) is 5.24 Å². The van der Waals surface area contributed by atoms with Crippen LogP contribution in [0.1, 0.15) is 20.9 Å². The highest BCUT2D eigenvalue weighted by atomic mass is 35.5. The lowest BCUT2D eigenvalue weighted by molar-refractivity contribution is 0.107. The normalized spacial score (nSPS) is 10.6. The number of aryl methyl sites for hydroxylation is 2. The third-order valence-electron chi connectivity index (χ3n) is 2.39. The van der Waals surface area contributed by atoms with Gasteiger partial charge in [0.2, 0.25) is 0 Å². The lowest BCUT2D eigenvalue weighted by Gasteiger charge is -2.01. The van der Waals surface area contributed by atoms with E-state index in [0.717, 1.165) is 16.9 Å². The number of rotatable bonds is 4. The Balaban J connectivity index is 2.13. The molecule has 0 saturated carbocycles. The van der Waals surface area contributed by atoms with Crippen LogP contribution in [0, 0.1) is 0 Å². The van der Waals surface area contributed by atoms with Crippen molar-refractivity contribution in [1.82, 2.24) is 4.98 Å². The Kier molecular flexibility index (Phi) is 4.62. The van der Waals surface area contributed by atoms with Gasteiger partial charge in [-0.05, 0) is 42.1 Å². The number of halogens is 3. The highest BCUT2D eigenvalue weighted by Gasteiger charge is 2.15. The van der Waals surface area contributed by atoms with E-state index in [1.807, 2.05) is 24.3 Å². The molecule has 18 heavy (non-hydrogen) atoms. The van der Waals surface area contributed by atoms with Crippen molar-refractivity contribution in [3.63, 3.8) is 0 Å². The Morgan fingerprint density at radius 2 is 2.06 bits per heavy atom. The molecule has 1 aromatic heterocycles. The highest BCUT2D eigenvalue weighted by molar-refractivity contribution is 7.16. The predicted molar refractivity (Wildman–Crippen MR) is 76.2 cm³/mol. The molecule has 2 aromatic rings. The zero-order valence-corrected chi connectivity index (χ0v) is 12.2. The van der Waals surface area contributed by atoms with Crippen LogP contribution in [-0.4, -0.2) is 10.2 Å². The molecule has 0 bridgehead atoms. The van der Waals surface area contributed by atoms with Crippen molar-refractivity contribution in [1.29, 1.82) is 0 Å². The molecule has 0 aliphatic rings. The first-order valence-electron chi connectivity index (χ1n) is 5.16. The minimum Gasteiger partial charge on any atom is -0.274 e. The molecule has 1 heterocycles.